The Morgan fingerprint density at radius 2 is 1.79 bits per heavy atom. The van der Waals surface area contributed by atoms with Crippen molar-refractivity contribution in [3.8, 4) is 5.75 Å². The number of rotatable bonds is 11. The maximum absolute atomic E-state index is 13.7. The molecule has 2 heterocycles. The van der Waals surface area contributed by atoms with E-state index in [-0.39, 0.29) is 41.6 Å². The van der Waals surface area contributed by atoms with Gasteiger partial charge in [-0.05, 0) is 62.1 Å². The molecule has 42 heavy (non-hydrogen) atoms. The van der Waals surface area contributed by atoms with Crippen LogP contribution in [0.4, 0.5) is 5.69 Å². The Hall–Kier alpha value is -4.70. The number of anilines is 1. The number of amides is 2. The summed E-state index contributed by atoms with van der Waals surface area (Å²) in [6.45, 7) is 2.97. The molecule has 1 aromatic heterocycles. The molecule has 0 spiro atoms. The van der Waals surface area contributed by atoms with Crippen LogP contribution in [0.1, 0.15) is 35.7 Å². The number of carbonyl (C=O) groups excluding carboxylic acids is 2. The molecule has 1 atom stereocenters. The van der Waals surface area contributed by atoms with Crippen LogP contribution in [0.3, 0.4) is 0 Å². The van der Waals surface area contributed by atoms with Crippen LogP contribution in [0.2, 0.25) is 0 Å². The van der Waals surface area contributed by atoms with E-state index in [4.69, 9.17) is 9.47 Å². The van der Waals surface area contributed by atoms with E-state index in [0.29, 0.717) is 37.6 Å². The Labute approximate surface area is 242 Å². The van der Waals surface area contributed by atoms with Crippen molar-refractivity contribution < 1.29 is 19.1 Å². The molecule has 1 aliphatic rings. The van der Waals surface area contributed by atoms with Gasteiger partial charge in [0.25, 0.3) is 11.5 Å². The van der Waals surface area contributed by atoms with Gasteiger partial charge in [-0.15, -0.1) is 0 Å². The maximum Gasteiger partial charge on any atom is 0.332 e. The zero-order valence-electron chi connectivity index (χ0n) is 23.5. The van der Waals surface area contributed by atoms with Crippen LogP contribution in [0.25, 0.3) is 10.9 Å². The van der Waals surface area contributed by atoms with Crippen LogP contribution in [0, 0.1) is 0 Å². The molecule has 0 bridgehead atoms. The molecule has 2 amide bonds. The lowest BCUT2D eigenvalue weighted by Gasteiger charge is -2.17. The predicted molar refractivity (Wildman–Crippen MR) is 160 cm³/mol. The number of hydrogen-bond donors (Lipinski definition) is 2. The quantitative estimate of drug-likeness (QED) is 0.285. The molecule has 2 N–H and O–H groups in total. The van der Waals surface area contributed by atoms with Gasteiger partial charge in [0.1, 0.15) is 12.3 Å². The van der Waals surface area contributed by atoms with Gasteiger partial charge in [0.05, 0.1) is 35.8 Å². The lowest BCUT2D eigenvalue weighted by molar-refractivity contribution is -0.116. The number of ether oxygens (including phenoxy) is 2. The monoisotopic (exact) mass is 570 g/mol. The van der Waals surface area contributed by atoms with Crippen molar-refractivity contribution in [2.75, 3.05) is 25.1 Å². The normalized spacial score (nSPS) is 14.5. The van der Waals surface area contributed by atoms with Gasteiger partial charge in [0.15, 0.2) is 0 Å². The third kappa shape index (κ3) is 6.60. The van der Waals surface area contributed by atoms with Crippen LogP contribution in [-0.2, 0) is 29.0 Å². The fourth-order valence-electron chi connectivity index (χ4n) is 5.12. The number of hydrogen-bond acceptors (Lipinski definition) is 6. The summed E-state index contributed by atoms with van der Waals surface area (Å²) in [5, 5.41) is 5.93. The second kappa shape index (κ2) is 13.3. The van der Waals surface area contributed by atoms with Crippen molar-refractivity contribution in [2.45, 2.75) is 45.4 Å². The van der Waals surface area contributed by atoms with Crippen molar-refractivity contribution in [3.05, 3.63) is 105 Å². The molecule has 218 valence electrons. The molecule has 0 saturated carbocycles. The van der Waals surface area contributed by atoms with Crippen molar-refractivity contribution in [2.24, 2.45) is 0 Å². The van der Waals surface area contributed by atoms with E-state index in [9.17, 15) is 19.2 Å². The molecule has 1 saturated heterocycles. The highest BCUT2D eigenvalue weighted by atomic mass is 16.5. The van der Waals surface area contributed by atoms with Gasteiger partial charge in [-0.2, -0.15) is 0 Å². The van der Waals surface area contributed by atoms with Crippen LogP contribution >= 0.6 is 0 Å². The number of fused-ring (bicyclic) bond motifs is 1. The van der Waals surface area contributed by atoms with Gasteiger partial charge in [-0.1, -0.05) is 42.5 Å². The lowest BCUT2D eigenvalue weighted by atomic mass is 10.1. The van der Waals surface area contributed by atoms with E-state index in [1.807, 2.05) is 37.3 Å². The fourth-order valence-corrected chi connectivity index (χ4v) is 5.12. The highest BCUT2D eigenvalue weighted by molar-refractivity contribution is 5.98. The Bertz CT molecular complexity index is 1690. The van der Waals surface area contributed by atoms with E-state index in [0.717, 1.165) is 23.0 Å². The number of nitrogens with one attached hydrogen (secondary N) is 2. The highest BCUT2D eigenvalue weighted by Crippen LogP contribution is 2.24. The van der Waals surface area contributed by atoms with Crippen LogP contribution in [0.5, 0.6) is 5.75 Å². The Kier molecular flexibility index (Phi) is 9.13. The zero-order chi connectivity index (χ0) is 29.5. The minimum Gasteiger partial charge on any atom is -0.492 e. The molecule has 4 aromatic rings. The first-order chi connectivity index (χ1) is 20.4. The number of para-hydroxylation sites is 2. The Balaban J connectivity index is 1.46. The van der Waals surface area contributed by atoms with Crippen molar-refractivity contribution in [3.63, 3.8) is 0 Å². The summed E-state index contributed by atoms with van der Waals surface area (Å²) in [5.41, 5.74) is 0.916. The first kappa shape index (κ1) is 28.8. The summed E-state index contributed by atoms with van der Waals surface area (Å²) < 4.78 is 13.7. The highest BCUT2D eigenvalue weighted by Gasteiger charge is 2.22. The SMILES string of the molecule is CCOc1ccccc1NC(=O)Cn1c(=O)n(C[C@@H]2CCCO2)c(=O)c2ccc(C(=O)NCCc3ccccc3)cc21. The first-order valence-corrected chi connectivity index (χ1v) is 14.2. The third-order valence-corrected chi connectivity index (χ3v) is 7.20. The fraction of sp³-hybridized carbons (Fsp3) is 0.312. The zero-order valence-corrected chi connectivity index (χ0v) is 23.5. The van der Waals surface area contributed by atoms with Crippen LogP contribution < -0.4 is 26.6 Å². The molecule has 0 aliphatic carbocycles. The third-order valence-electron chi connectivity index (χ3n) is 7.20. The molecule has 1 fully saturated rings. The Morgan fingerprint density at radius 3 is 2.55 bits per heavy atom. The van der Waals surface area contributed by atoms with E-state index in [1.54, 1.807) is 30.3 Å². The van der Waals surface area contributed by atoms with Crippen molar-refractivity contribution in [1.82, 2.24) is 14.5 Å². The van der Waals surface area contributed by atoms with Crippen molar-refractivity contribution in [1.29, 1.82) is 0 Å². The topological polar surface area (TPSA) is 121 Å². The summed E-state index contributed by atoms with van der Waals surface area (Å²) >= 11 is 0. The van der Waals surface area contributed by atoms with Crippen molar-refractivity contribution >= 4 is 28.4 Å². The summed E-state index contributed by atoms with van der Waals surface area (Å²) in [6.07, 6.45) is 1.98. The van der Waals surface area contributed by atoms with Gasteiger partial charge in [-0.25, -0.2) is 4.79 Å². The largest absolute Gasteiger partial charge is 0.492 e. The van der Waals surface area contributed by atoms with Crippen LogP contribution in [-0.4, -0.2) is 46.8 Å². The van der Waals surface area contributed by atoms with E-state index in [2.05, 4.69) is 10.6 Å². The molecule has 0 unspecified atom stereocenters. The second-order valence-corrected chi connectivity index (χ2v) is 10.1. The Morgan fingerprint density at radius 1 is 1.00 bits per heavy atom. The first-order valence-electron chi connectivity index (χ1n) is 14.2. The number of aromatic nitrogens is 2. The molecule has 1 aliphatic heterocycles. The average Bonchev–Trinajstić information content (AvgIpc) is 3.52. The van der Waals surface area contributed by atoms with Crippen LogP contribution in [0.15, 0.2) is 82.4 Å². The lowest BCUT2D eigenvalue weighted by Crippen LogP contribution is -2.43. The maximum atomic E-state index is 13.7. The molecular formula is C32H34N4O6. The average molecular weight is 571 g/mol. The number of nitrogens with zero attached hydrogens (tertiary/aromatic N) is 2. The summed E-state index contributed by atoms with van der Waals surface area (Å²) in [5.74, 6) is -0.320. The van der Waals surface area contributed by atoms with E-state index >= 15 is 0 Å². The molecule has 0 radical (unpaired) electrons. The molecule has 3 aromatic carbocycles. The molecule has 10 nitrogen and oxygen atoms in total. The number of benzene rings is 3. The van der Waals surface area contributed by atoms with E-state index < -0.39 is 17.2 Å². The standard InChI is InChI=1S/C32H34N4O6/c1-2-41-28-13-7-6-12-26(28)34-29(37)21-35-27-19-23(30(38)33-17-16-22-9-4-3-5-10-22)14-15-25(27)31(39)36(32(35)40)20-24-11-8-18-42-24/h3-7,9-10,12-15,19,24H,2,8,11,16-18,20-21H2,1H3,(H,33,38)(H,34,37)/t24-/m0/s1. The van der Waals surface area contributed by atoms with Gasteiger partial charge >= 0.3 is 5.69 Å². The second-order valence-electron chi connectivity index (χ2n) is 10.1. The minimum absolute atomic E-state index is 0.0874. The molecule has 5 rings (SSSR count). The summed E-state index contributed by atoms with van der Waals surface area (Å²) in [7, 11) is 0. The molecule has 10 heteroatoms. The van der Waals surface area contributed by atoms with Gasteiger partial charge in [0.2, 0.25) is 5.91 Å². The predicted octanol–water partition coefficient (Wildman–Crippen LogP) is 3.35. The van der Waals surface area contributed by atoms with Gasteiger partial charge in [-0.3, -0.25) is 23.5 Å². The van der Waals surface area contributed by atoms with Gasteiger partial charge in [0, 0.05) is 18.7 Å². The molecular weight excluding hydrogens is 536 g/mol. The summed E-state index contributed by atoms with van der Waals surface area (Å²) in [6, 6.07) is 21.4. The smallest absolute Gasteiger partial charge is 0.332 e. The van der Waals surface area contributed by atoms with Gasteiger partial charge < -0.3 is 20.1 Å². The number of carbonyl (C=O) groups is 2. The van der Waals surface area contributed by atoms with E-state index in [1.165, 1.54) is 16.7 Å². The minimum atomic E-state index is -0.641. The summed E-state index contributed by atoms with van der Waals surface area (Å²) in [4.78, 5) is 53.5.